The fourth-order valence-corrected chi connectivity index (χ4v) is 2.68. The summed E-state index contributed by atoms with van der Waals surface area (Å²) in [5, 5.41) is 18.6. The maximum Gasteiger partial charge on any atom is 0.0487 e. The van der Waals surface area contributed by atoms with Crippen LogP contribution in [0.5, 0.6) is 0 Å². The molecule has 0 heterocycles. The van der Waals surface area contributed by atoms with Gasteiger partial charge in [-0.15, -0.1) is 0 Å². The molecule has 18 heavy (non-hydrogen) atoms. The van der Waals surface area contributed by atoms with Crippen molar-refractivity contribution in [3.63, 3.8) is 0 Å². The van der Waals surface area contributed by atoms with Gasteiger partial charge in [-0.1, -0.05) is 58.8 Å². The molecule has 0 rings (SSSR count). The van der Waals surface area contributed by atoms with Crippen molar-refractivity contribution in [3.05, 3.63) is 0 Å². The molecular formula is C16H34O2. The lowest BCUT2D eigenvalue weighted by atomic mass is 9.75. The molecule has 0 saturated heterocycles. The van der Waals surface area contributed by atoms with E-state index in [-0.39, 0.29) is 5.41 Å². The number of hydrogen-bond donors (Lipinski definition) is 2. The van der Waals surface area contributed by atoms with E-state index in [1.807, 2.05) is 0 Å². The van der Waals surface area contributed by atoms with Crippen molar-refractivity contribution >= 4 is 0 Å². The van der Waals surface area contributed by atoms with E-state index in [2.05, 4.69) is 13.8 Å². The van der Waals surface area contributed by atoms with Crippen molar-refractivity contribution < 1.29 is 10.2 Å². The lowest BCUT2D eigenvalue weighted by Crippen LogP contribution is -2.25. The second-order valence-corrected chi connectivity index (χ2v) is 5.75. The van der Waals surface area contributed by atoms with Gasteiger partial charge in [0.15, 0.2) is 0 Å². The molecule has 0 aromatic heterocycles. The predicted molar refractivity (Wildman–Crippen MR) is 78.7 cm³/mol. The third kappa shape index (κ3) is 8.10. The Labute approximate surface area is 114 Å². The van der Waals surface area contributed by atoms with E-state index in [1.165, 1.54) is 51.4 Å². The molecular weight excluding hydrogens is 224 g/mol. The first-order valence-corrected chi connectivity index (χ1v) is 7.96. The van der Waals surface area contributed by atoms with Crippen LogP contribution in [0.15, 0.2) is 0 Å². The van der Waals surface area contributed by atoms with E-state index in [4.69, 9.17) is 5.11 Å². The summed E-state index contributed by atoms with van der Waals surface area (Å²) in [6.45, 7) is 5.12. The van der Waals surface area contributed by atoms with Gasteiger partial charge in [0.05, 0.1) is 0 Å². The van der Waals surface area contributed by atoms with Crippen LogP contribution in [0.25, 0.3) is 0 Å². The Morgan fingerprint density at radius 2 is 1.17 bits per heavy atom. The maximum atomic E-state index is 9.79. The smallest absolute Gasteiger partial charge is 0.0487 e. The molecule has 0 aromatic rings. The van der Waals surface area contributed by atoms with E-state index in [1.54, 1.807) is 0 Å². The standard InChI is InChI=1S/C16H34O2/c1-3-5-11-16(15-18,12-6-4-2)13-9-7-8-10-14-17/h17-18H,3-15H2,1-2H3. The molecule has 0 radical (unpaired) electrons. The topological polar surface area (TPSA) is 40.5 Å². The maximum absolute atomic E-state index is 9.79. The molecule has 0 bridgehead atoms. The van der Waals surface area contributed by atoms with Gasteiger partial charge in [0.2, 0.25) is 0 Å². The zero-order valence-corrected chi connectivity index (χ0v) is 12.6. The van der Waals surface area contributed by atoms with Crippen LogP contribution in [0, 0.1) is 5.41 Å². The third-order valence-electron chi connectivity index (χ3n) is 4.07. The van der Waals surface area contributed by atoms with Gasteiger partial charge in [0.1, 0.15) is 0 Å². The molecule has 0 unspecified atom stereocenters. The predicted octanol–water partition coefficient (Wildman–Crippen LogP) is 4.29. The average Bonchev–Trinajstić information content (AvgIpc) is 2.41. The highest BCUT2D eigenvalue weighted by Crippen LogP contribution is 2.36. The third-order valence-corrected chi connectivity index (χ3v) is 4.07. The van der Waals surface area contributed by atoms with Crippen LogP contribution in [-0.4, -0.2) is 23.4 Å². The first-order valence-electron chi connectivity index (χ1n) is 7.96. The van der Waals surface area contributed by atoms with Crippen molar-refractivity contribution in [2.45, 2.75) is 84.5 Å². The molecule has 0 aliphatic carbocycles. The van der Waals surface area contributed by atoms with Crippen LogP contribution in [0.1, 0.15) is 84.5 Å². The minimum Gasteiger partial charge on any atom is -0.396 e. The fraction of sp³-hybridized carbons (Fsp3) is 1.00. The Morgan fingerprint density at radius 1 is 0.667 bits per heavy atom. The molecule has 2 heteroatoms. The van der Waals surface area contributed by atoms with Crippen LogP contribution in [0.2, 0.25) is 0 Å². The van der Waals surface area contributed by atoms with Crippen molar-refractivity contribution in [2.24, 2.45) is 5.41 Å². The first-order chi connectivity index (χ1) is 8.74. The zero-order valence-electron chi connectivity index (χ0n) is 12.6. The zero-order chi connectivity index (χ0) is 13.7. The number of unbranched alkanes of at least 4 members (excludes halogenated alkanes) is 5. The number of aliphatic hydroxyl groups is 2. The van der Waals surface area contributed by atoms with Crippen molar-refractivity contribution in [2.75, 3.05) is 13.2 Å². The summed E-state index contributed by atoms with van der Waals surface area (Å²) < 4.78 is 0. The van der Waals surface area contributed by atoms with E-state index in [0.29, 0.717) is 13.2 Å². The van der Waals surface area contributed by atoms with E-state index in [0.717, 1.165) is 19.3 Å². The largest absolute Gasteiger partial charge is 0.396 e. The summed E-state index contributed by atoms with van der Waals surface area (Å²) in [5.74, 6) is 0. The SMILES string of the molecule is CCCCC(CO)(CCCC)CCCCCCO. The van der Waals surface area contributed by atoms with Gasteiger partial charge in [-0.3, -0.25) is 0 Å². The molecule has 2 nitrogen and oxygen atoms in total. The molecule has 0 aliphatic rings. The molecule has 0 atom stereocenters. The summed E-state index contributed by atoms with van der Waals surface area (Å²) in [7, 11) is 0. The molecule has 0 aliphatic heterocycles. The van der Waals surface area contributed by atoms with Gasteiger partial charge < -0.3 is 10.2 Å². The monoisotopic (exact) mass is 258 g/mol. The fourth-order valence-electron chi connectivity index (χ4n) is 2.68. The average molecular weight is 258 g/mol. The highest BCUT2D eigenvalue weighted by molar-refractivity contribution is 4.78. The van der Waals surface area contributed by atoms with Gasteiger partial charge in [-0.25, -0.2) is 0 Å². The van der Waals surface area contributed by atoms with Crippen molar-refractivity contribution in [1.82, 2.24) is 0 Å². The molecule has 0 fully saturated rings. The summed E-state index contributed by atoms with van der Waals surface area (Å²) in [6.07, 6.45) is 12.9. The van der Waals surface area contributed by atoms with Crippen LogP contribution < -0.4 is 0 Å². The van der Waals surface area contributed by atoms with Gasteiger partial charge in [-0.2, -0.15) is 0 Å². The van der Waals surface area contributed by atoms with Gasteiger partial charge in [0.25, 0.3) is 0 Å². The normalized spacial score (nSPS) is 12.0. The molecule has 0 saturated carbocycles. The highest BCUT2D eigenvalue weighted by Gasteiger charge is 2.27. The quantitative estimate of drug-likeness (QED) is 0.484. The van der Waals surface area contributed by atoms with Gasteiger partial charge in [-0.05, 0) is 31.1 Å². The van der Waals surface area contributed by atoms with Crippen molar-refractivity contribution in [1.29, 1.82) is 0 Å². The Balaban J connectivity index is 4.07. The second kappa shape index (κ2) is 12.0. The van der Waals surface area contributed by atoms with E-state index < -0.39 is 0 Å². The van der Waals surface area contributed by atoms with E-state index in [9.17, 15) is 5.11 Å². The number of aliphatic hydroxyl groups excluding tert-OH is 2. The number of rotatable bonds is 13. The Bertz CT molecular complexity index is 160. The highest BCUT2D eigenvalue weighted by atomic mass is 16.3. The lowest BCUT2D eigenvalue weighted by molar-refractivity contribution is 0.0867. The Hall–Kier alpha value is -0.0800. The second-order valence-electron chi connectivity index (χ2n) is 5.75. The first kappa shape index (κ1) is 17.9. The van der Waals surface area contributed by atoms with Crippen molar-refractivity contribution in [3.8, 4) is 0 Å². The number of hydrogen-bond acceptors (Lipinski definition) is 2. The lowest BCUT2D eigenvalue weighted by Gasteiger charge is -2.32. The summed E-state index contributed by atoms with van der Waals surface area (Å²) >= 11 is 0. The van der Waals surface area contributed by atoms with Crippen LogP contribution in [-0.2, 0) is 0 Å². The summed E-state index contributed by atoms with van der Waals surface area (Å²) in [4.78, 5) is 0. The molecule has 0 spiro atoms. The van der Waals surface area contributed by atoms with Gasteiger partial charge in [0, 0.05) is 13.2 Å². The Morgan fingerprint density at radius 3 is 1.61 bits per heavy atom. The molecule has 110 valence electrons. The minimum atomic E-state index is 0.186. The minimum absolute atomic E-state index is 0.186. The summed E-state index contributed by atoms with van der Waals surface area (Å²) in [6, 6.07) is 0. The summed E-state index contributed by atoms with van der Waals surface area (Å²) in [5.41, 5.74) is 0.186. The van der Waals surface area contributed by atoms with Crippen LogP contribution >= 0.6 is 0 Å². The van der Waals surface area contributed by atoms with E-state index >= 15 is 0 Å². The van der Waals surface area contributed by atoms with Crippen LogP contribution in [0.3, 0.4) is 0 Å². The van der Waals surface area contributed by atoms with Gasteiger partial charge >= 0.3 is 0 Å². The molecule has 0 amide bonds. The Kier molecular flexibility index (Phi) is 11.9. The molecule has 2 N–H and O–H groups in total. The molecule has 0 aromatic carbocycles. The van der Waals surface area contributed by atoms with Crippen LogP contribution in [0.4, 0.5) is 0 Å².